The Morgan fingerprint density at radius 2 is 1.54 bits per heavy atom. The quantitative estimate of drug-likeness (QED) is 0.0821. The summed E-state index contributed by atoms with van der Waals surface area (Å²) < 4.78 is 15.2. The molecule has 7 aromatic rings. The van der Waals surface area contributed by atoms with Gasteiger partial charge in [0.2, 0.25) is 11.8 Å². The van der Waals surface area contributed by atoms with Crippen molar-refractivity contribution in [2.45, 2.75) is 63.7 Å². The van der Waals surface area contributed by atoms with Crippen molar-refractivity contribution in [3.05, 3.63) is 132 Å². The van der Waals surface area contributed by atoms with Crippen LogP contribution in [-0.2, 0) is 30.3 Å². The van der Waals surface area contributed by atoms with Crippen molar-refractivity contribution in [1.82, 2.24) is 40.4 Å². The highest BCUT2D eigenvalue weighted by molar-refractivity contribution is 6.05. The number of nitrogens with one attached hydrogen (secondary N) is 4. The summed E-state index contributed by atoms with van der Waals surface area (Å²) in [4.78, 5) is 72.8. The Hall–Kier alpha value is -7.52. The molecule has 5 aromatic carbocycles. The summed E-state index contributed by atoms with van der Waals surface area (Å²) >= 11 is 0. The molecule has 15 heteroatoms. The van der Waals surface area contributed by atoms with Crippen molar-refractivity contribution in [2.75, 3.05) is 40.5 Å². The van der Waals surface area contributed by atoms with Crippen LogP contribution in [0.25, 0.3) is 55.0 Å². The average Bonchev–Trinajstić information content (AvgIpc) is 4.16. The van der Waals surface area contributed by atoms with E-state index in [4.69, 9.17) is 24.2 Å². The molecule has 0 saturated carbocycles. The number of hydrogen-bond acceptors (Lipinski definition) is 9. The van der Waals surface area contributed by atoms with E-state index in [0.717, 1.165) is 92.6 Å². The van der Waals surface area contributed by atoms with Gasteiger partial charge in [0.15, 0.2) is 0 Å². The van der Waals surface area contributed by atoms with Gasteiger partial charge in [-0.3, -0.25) is 9.59 Å². The molecule has 4 N–H and O–H groups in total. The molecule has 15 nitrogen and oxygen atoms in total. The number of fused-ring (bicyclic) bond motifs is 4. The normalized spacial score (nSPS) is 15.9. The first-order valence-corrected chi connectivity index (χ1v) is 22.8. The number of methoxy groups -OCH3 is 2. The summed E-state index contributed by atoms with van der Waals surface area (Å²) in [6.45, 7) is 4.47. The molecule has 2 saturated heterocycles. The van der Waals surface area contributed by atoms with Gasteiger partial charge in [0, 0.05) is 24.0 Å². The summed E-state index contributed by atoms with van der Waals surface area (Å²) in [6, 6.07) is 30.4. The largest absolute Gasteiger partial charge is 0.453 e. The molecule has 0 spiro atoms. The molecule has 67 heavy (non-hydrogen) atoms. The molecule has 4 heterocycles. The first-order valence-electron chi connectivity index (χ1n) is 22.8. The molecular formula is C52H54N8O7. The van der Waals surface area contributed by atoms with E-state index in [1.54, 1.807) is 4.90 Å². The van der Waals surface area contributed by atoms with E-state index >= 15 is 0 Å². The summed E-state index contributed by atoms with van der Waals surface area (Å²) in [5, 5.41) is 9.65. The monoisotopic (exact) mass is 902 g/mol. The van der Waals surface area contributed by atoms with Crippen LogP contribution in [0.4, 0.5) is 9.59 Å². The first kappa shape index (κ1) is 44.7. The van der Waals surface area contributed by atoms with Gasteiger partial charge < -0.3 is 44.6 Å². The molecule has 4 amide bonds. The topological polar surface area (TPSA) is 184 Å². The first-order chi connectivity index (χ1) is 32.7. The van der Waals surface area contributed by atoms with E-state index in [9.17, 15) is 19.2 Å². The third kappa shape index (κ3) is 9.73. The highest BCUT2D eigenvalue weighted by Crippen LogP contribution is 2.35. The van der Waals surface area contributed by atoms with E-state index in [-0.39, 0.29) is 24.4 Å². The number of benzene rings is 5. The van der Waals surface area contributed by atoms with Crippen LogP contribution in [0.1, 0.15) is 68.3 Å². The molecule has 344 valence electrons. The number of nitrogens with zero attached hydrogens (tertiary/aromatic N) is 4. The SMILES string of the molecule is CCCN(Cc1nc2c(ccc3cc(-c4ccc5cc(-c6cnc([C@@H]7CCCN7C(=O)[C@H](C=C7CCOCC7)NC(=O)OC)[nH]6)ccc5c4)ccc32)[nH]1)C(=O)[C@H](NC(=O)OC)c1ccccc1. The lowest BCUT2D eigenvalue weighted by Gasteiger charge is -2.28. The molecule has 0 aliphatic carbocycles. The fourth-order valence-corrected chi connectivity index (χ4v) is 9.25. The van der Waals surface area contributed by atoms with Gasteiger partial charge in [0.05, 0.1) is 62.9 Å². The lowest BCUT2D eigenvalue weighted by atomic mass is 9.97. The third-order valence-electron chi connectivity index (χ3n) is 12.7. The minimum absolute atomic E-state index is 0.188. The van der Waals surface area contributed by atoms with Crippen LogP contribution >= 0.6 is 0 Å². The molecule has 0 bridgehead atoms. The van der Waals surface area contributed by atoms with Crippen LogP contribution in [0, 0.1) is 0 Å². The fourth-order valence-electron chi connectivity index (χ4n) is 9.25. The van der Waals surface area contributed by atoms with Gasteiger partial charge in [0.25, 0.3) is 0 Å². The number of carbonyl (C=O) groups is 4. The maximum absolute atomic E-state index is 14.0. The van der Waals surface area contributed by atoms with Crippen LogP contribution in [0.2, 0.25) is 0 Å². The van der Waals surface area contributed by atoms with E-state index in [1.165, 1.54) is 14.2 Å². The van der Waals surface area contributed by atoms with Crippen LogP contribution in [0.15, 0.2) is 115 Å². The molecule has 3 atom stereocenters. The van der Waals surface area contributed by atoms with Crippen LogP contribution in [-0.4, -0.2) is 100 Å². The predicted molar refractivity (Wildman–Crippen MR) is 256 cm³/mol. The molecule has 2 aliphatic rings. The second-order valence-electron chi connectivity index (χ2n) is 17.0. The smallest absolute Gasteiger partial charge is 0.407 e. The van der Waals surface area contributed by atoms with E-state index in [1.807, 2.05) is 60.5 Å². The van der Waals surface area contributed by atoms with Crippen molar-refractivity contribution in [3.63, 3.8) is 0 Å². The van der Waals surface area contributed by atoms with Crippen molar-refractivity contribution < 1.29 is 33.4 Å². The van der Waals surface area contributed by atoms with Crippen LogP contribution < -0.4 is 10.6 Å². The number of imidazole rings is 2. The molecule has 0 radical (unpaired) electrons. The molecule has 2 aromatic heterocycles. The number of rotatable bonds is 13. The van der Waals surface area contributed by atoms with Crippen molar-refractivity contribution in [2.24, 2.45) is 0 Å². The Bertz CT molecular complexity index is 2970. The Balaban J connectivity index is 0.910. The van der Waals surface area contributed by atoms with Crippen molar-refractivity contribution in [1.29, 1.82) is 0 Å². The molecule has 0 unspecified atom stereocenters. The number of likely N-dealkylation sites (tertiary alicyclic amines) is 1. The van der Waals surface area contributed by atoms with Crippen molar-refractivity contribution >= 4 is 56.6 Å². The standard InChI is InChI=1S/C52H54N8O7/c1-4-22-59(50(62)46(58-52(64)66-3)33-9-6-5-7-10-33)31-45-54-41-19-17-38-28-37(16-18-40(38)47(41)57-45)34-12-13-36-29-39(15-14-35(36)27-34)43-30-53-48(55-43)44-11-8-23-60(44)49(61)42(56-51(63)65-2)26-32-20-24-67-25-21-32/h5-7,9-10,12-19,26-30,42,44,46H,4,8,11,20-25,31H2,1-3H3,(H,53,55)(H,54,57)(H,56,63)(H,58,64)/t42-,44-,46+/m0/s1. The summed E-state index contributed by atoms with van der Waals surface area (Å²) in [5.41, 5.74) is 7.41. The minimum atomic E-state index is -0.913. The third-order valence-corrected chi connectivity index (χ3v) is 12.7. The number of carbonyl (C=O) groups excluding carboxylic acids is 4. The molecule has 2 fully saturated rings. The lowest BCUT2D eigenvalue weighted by molar-refractivity contribution is -0.134. The number of aromatic amines is 2. The second-order valence-corrected chi connectivity index (χ2v) is 17.0. The summed E-state index contributed by atoms with van der Waals surface area (Å²) in [7, 11) is 2.57. The van der Waals surface area contributed by atoms with Gasteiger partial charge in [-0.1, -0.05) is 91.4 Å². The highest BCUT2D eigenvalue weighted by Gasteiger charge is 2.36. The lowest BCUT2D eigenvalue weighted by Crippen LogP contribution is -2.47. The Kier molecular flexibility index (Phi) is 13.3. The Labute approximate surface area is 387 Å². The van der Waals surface area contributed by atoms with Gasteiger partial charge in [-0.15, -0.1) is 0 Å². The number of alkyl carbamates (subject to hydrolysis) is 2. The highest BCUT2D eigenvalue weighted by atomic mass is 16.5. The van der Waals surface area contributed by atoms with Crippen LogP contribution in [0.5, 0.6) is 0 Å². The van der Waals surface area contributed by atoms with Gasteiger partial charge in [0.1, 0.15) is 23.7 Å². The maximum atomic E-state index is 14.0. The van der Waals surface area contributed by atoms with Crippen molar-refractivity contribution in [3.8, 4) is 22.4 Å². The van der Waals surface area contributed by atoms with Gasteiger partial charge in [-0.05, 0) is 89.2 Å². The average molecular weight is 903 g/mol. The minimum Gasteiger partial charge on any atom is -0.453 e. The number of ether oxygens (including phenoxy) is 3. The Morgan fingerprint density at radius 3 is 2.28 bits per heavy atom. The fraction of sp³-hybridized carbons (Fsp3) is 0.308. The Morgan fingerprint density at radius 1 is 0.851 bits per heavy atom. The maximum Gasteiger partial charge on any atom is 0.407 e. The summed E-state index contributed by atoms with van der Waals surface area (Å²) in [6.07, 6.45) is 6.07. The zero-order chi connectivity index (χ0) is 46.4. The number of aromatic nitrogens is 4. The predicted octanol–water partition coefficient (Wildman–Crippen LogP) is 8.89. The number of hydrogen-bond donors (Lipinski definition) is 4. The van der Waals surface area contributed by atoms with Gasteiger partial charge in [-0.25, -0.2) is 19.6 Å². The molecular weight excluding hydrogens is 849 g/mol. The molecule has 2 aliphatic heterocycles. The number of H-pyrrole nitrogens is 2. The molecule has 9 rings (SSSR count). The van der Waals surface area contributed by atoms with Gasteiger partial charge in [-0.2, -0.15) is 0 Å². The second kappa shape index (κ2) is 19.9. The number of amides is 4. The van der Waals surface area contributed by atoms with E-state index < -0.39 is 24.3 Å². The van der Waals surface area contributed by atoms with Gasteiger partial charge >= 0.3 is 12.2 Å². The summed E-state index contributed by atoms with van der Waals surface area (Å²) in [5.74, 6) is 0.915. The zero-order valence-corrected chi connectivity index (χ0v) is 37.8. The van der Waals surface area contributed by atoms with E-state index in [0.29, 0.717) is 43.5 Å². The van der Waals surface area contributed by atoms with E-state index in [2.05, 4.69) is 81.3 Å². The van der Waals surface area contributed by atoms with Crippen LogP contribution in [0.3, 0.4) is 0 Å². The zero-order valence-electron chi connectivity index (χ0n) is 37.8.